The zero-order chi connectivity index (χ0) is 16.5. The van der Waals surface area contributed by atoms with E-state index in [0.717, 1.165) is 6.42 Å². The van der Waals surface area contributed by atoms with Gasteiger partial charge >= 0.3 is 12.6 Å². The van der Waals surface area contributed by atoms with E-state index < -0.39 is 18.2 Å². The number of hydrogen-bond donors (Lipinski definition) is 0. The van der Waals surface area contributed by atoms with Crippen molar-refractivity contribution in [1.29, 1.82) is 0 Å². The molecule has 22 heavy (non-hydrogen) atoms. The molecule has 1 aromatic heterocycles. The fourth-order valence-electron chi connectivity index (χ4n) is 1.93. The van der Waals surface area contributed by atoms with Crippen LogP contribution in [0.3, 0.4) is 0 Å². The number of rotatable bonds is 4. The fourth-order valence-corrected chi connectivity index (χ4v) is 2.39. The van der Waals surface area contributed by atoms with Crippen molar-refractivity contribution in [1.82, 2.24) is 14.7 Å². The molecule has 2 rings (SSSR count). The Morgan fingerprint density at radius 3 is 2.68 bits per heavy atom. The Kier molecular flexibility index (Phi) is 4.93. The Morgan fingerprint density at radius 2 is 2.23 bits per heavy atom. The number of hydrogen-bond acceptors (Lipinski definition) is 4. The van der Waals surface area contributed by atoms with Crippen molar-refractivity contribution in [2.75, 3.05) is 13.2 Å². The molecule has 2 heterocycles. The second-order valence-electron chi connectivity index (χ2n) is 5.95. The van der Waals surface area contributed by atoms with Gasteiger partial charge in [-0.3, -0.25) is 0 Å². The summed E-state index contributed by atoms with van der Waals surface area (Å²) >= 11 is 3.02. The average molecular weight is 382 g/mol. The van der Waals surface area contributed by atoms with Gasteiger partial charge in [0.05, 0.1) is 12.2 Å². The highest BCUT2D eigenvalue weighted by Crippen LogP contribution is 2.29. The third-order valence-corrected chi connectivity index (χ3v) is 3.85. The maximum atomic E-state index is 12.6. The number of likely N-dealkylation sites (tertiary alicyclic amines) is 1. The average Bonchev–Trinajstić information content (AvgIpc) is 2.67. The molecule has 1 fully saturated rings. The van der Waals surface area contributed by atoms with Crippen molar-refractivity contribution in [3.63, 3.8) is 0 Å². The Bertz CT molecular complexity index is 545. The normalized spacial score (nSPS) is 18.3. The molecular weight excluding hydrogens is 364 g/mol. The van der Waals surface area contributed by atoms with Gasteiger partial charge < -0.3 is 14.4 Å². The van der Waals surface area contributed by atoms with Gasteiger partial charge in [-0.15, -0.1) is 0 Å². The number of carbonyl (C=O) groups excluding carboxylic acids is 1. The van der Waals surface area contributed by atoms with E-state index >= 15 is 0 Å². The third kappa shape index (κ3) is 3.88. The maximum Gasteiger partial charge on any atom is 0.410 e. The van der Waals surface area contributed by atoms with Gasteiger partial charge in [0, 0.05) is 6.54 Å². The second-order valence-corrected chi connectivity index (χ2v) is 6.70. The first-order chi connectivity index (χ1) is 10.2. The summed E-state index contributed by atoms with van der Waals surface area (Å²) in [6.07, 6.45) is 1.60. The molecular formula is C13H18BrF2N3O3. The van der Waals surface area contributed by atoms with Gasteiger partial charge in [-0.2, -0.15) is 18.6 Å². The van der Waals surface area contributed by atoms with E-state index in [1.54, 1.807) is 25.7 Å². The first-order valence-electron chi connectivity index (χ1n) is 6.82. The Labute approximate surface area is 135 Å². The standard InChI is InChI=1S/C13H18BrF2N3O3/c1-13(2,3)22-12(20)18-5-4-8(18)7-21-9-6-17-19(10(9)14)11(15)16/h6,8,11H,4-5,7H2,1-3H3/t8-/m1/s1. The molecule has 0 spiro atoms. The summed E-state index contributed by atoms with van der Waals surface area (Å²) < 4.78 is 36.5. The van der Waals surface area contributed by atoms with Crippen LogP contribution in [0.25, 0.3) is 0 Å². The summed E-state index contributed by atoms with van der Waals surface area (Å²) in [7, 11) is 0. The summed E-state index contributed by atoms with van der Waals surface area (Å²) in [4.78, 5) is 13.5. The molecule has 1 amide bonds. The number of nitrogens with zero attached hydrogens (tertiary/aromatic N) is 3. The number of halogens is 3. The van der Waals surface area contributed by atoms with Crippen LogP contribution in [0.15, 0.2) is 10.8 Å². The van der Waals surface area contributed by atoms with E-state index in [1.807, 2.05) is 0 Å². The zero-order valence-corrected chi connectivity index (χ0v) is 14.1. The van der Waals surface area contributed by atoms with Crippen LogP contribution in [0.2, 0.25) is 0 Å². The Balaban J connectivity index is 1.89. The minimum atomic E-state index is -2.74. The van der Waals surface area contributed by atoms with Crippen LogP contribution in [-0.4, -0.2) is 45.6 Å². The maximum absolute atomic E-state index is 12.6. The van der Waals surface area contributed by atoms with Crippen LogP contribution in [0, 0.1) is 0 Å². The van der Waals surface area contributed by atoms with Crippen molar-refractivity contribution in [3.8, 4) is 5.75 Å². The lowest BCUT2D eigenvalue weighted by molar-refractivity contribution is -0.0142. The largest absolute Gasteiger partial charge is 0.487 e. The fraction of sp³-hybridized carbons (Fsp3) is 0.692. The first kappa shape index (κ1) is 17.0. The van der Waals surface area contributed by atoms with E-state index in [9.17, 15) is 13.6 Å². The minimum Gasteiger partial charge on any atom is -0.487 e. The molecule has 1 aliphatic heterocycles. The highest BCUT2D eigenvalue weighted by Gasteiger charge is 2.36. The van der Waals surface area contributed by atoms with Crippen LogP contribution in [0.4, 0.5) is 13.6 Å². The number of ether oxygens (including phenoxy) is 2. The summed E-state index contributed by atoms with van der Waals surface area (Å²) in [6.45, 7) is 3.45. The Morgan fingerprint density at radius 1 is 1.55 bits per heavy atom. The molecule has 0 radical (unpaired) electrons. The molecule has 6 nitrogen and oxygen atoms in total. The summed E-state index contributed by atoms with van der Waals surface area (Å²) in [5.41, 5.74) is -0.556. The van der Waals surface area contributed by atoms with Crippen LogP contribution >= 0.6 is 15.9 Å². The second kappa shape index (κ2) is 6.39. The molecule has 1 saturated heterocycles. The minimum absolute atomic E-state index is 0.0747. The van der Waals surface area contributed by atoms with Crippen molar-refractivity contribution >= 4 is 22.0 Å². The molecule has 0 unspecified atom stereocenters. The molecule has 0 N–H and O–H groups in total. The van der Waals surface area contributed by atoms with E-state index in [0.29, 0.717) is 11.2 Å². The predicted octanol–water partition coefficient (Wildman–Crippen LogP) is 3.43. The molecule has 1 aliphatic rings. The SMILES string of the molecule is CC(C)(C)OC(=O)N1CC[C@@H]1COc1cnn(C(F)F)c1Br. The molecule has 0 aromatic carbocycles. The zero-order valence-electron chi connectivity index (χ0n) is 12.6. The highest BCUT2D eigenvalue weighted by atomic mass is 79.9. The smallest absolute Gasteiger partial charge is 0.410 e. The van der Waals surface area contributed by atoms with Crippen molar-refractivity contribution in [2.24, 2.45) is 0 Å². The summed E-state index contributed by atoms with van der Waals surface area (Å²) in [5, 5.41) is 3.53. The topological polar surface area (TPSA) is 56.6 Å². The van der Waals surface area contributed by atoms with E-state index in [1.165, 1.54) is 6.20 Å². The molecule has 1 aromatic rings. The highest BCUT2D eigenvalue weighted by molar-refractivity contribution is 9.10. The predicted molar refractivity (Wildman–Crippen MR) is 78.0 cm³/mol. The van der Waals surface area contributed by atoms with E-state index in [4.69, 9.17) is 9.47 Å². The quantitative estimate of drug-likeness (QED) is 0.801. The number of amides is 1. The molecule has 1 atom stereocenters. The number of carbonyl (C=O) groups is 1. The van der Waals surface area contributed by atoms with Gasteiger partial charge in [0.2, 0.25) is 0 Å². The van der Waals surface area contributed by atoms with E-state index in [-0.39, 0.29) is 23.0 Å². The number of aromatic nitrogens is 2. The van der Waals surface area contributed by atoms with Gasteiger partial charge in [0.25, 0.3) is 0 Å². The first-order valence-corrected chi connectivity index (χ1v) is 7.62. The van der Waals surface area contributed by atoms with Crippen molar-refractivity contribution < 1.29 is 23.0 Å². The van der Waals surface area contributed by atoms with Crippen molar-refractivity contribution in [3.05, 3.63) is 10.8 Å². The third-order valence-electron chi connectivity index (χ3n) is 3.09. The monoisotopic (exact) mass is 381 g/mol. The van der Waals surface area contributed by atoms with Gasteiger partial charge in [-0.05, 0) is 43.1 Å². The molecule has 0 bridgehead atoms. The summed E-state index contributed by atoms with van der Waals surface area (Å²) in [6, 6.07) is -0.128. The van der Waals surface area contributed by atoms with Gasteiger partial charge in [0.15, 0.2) is 10.4 Å². The molecule has 0 aliphatic carbocycles. The molecule has 9 heteroatoms. The Hall–Kier alpha value is -1.38. The van der Waals surface area contributed by atoms with Gasteiger partial charge in [-0.1, -0.05) is 0 Å². The van der Waals surface area contributed by atoms with Crippen LogP contribution in [0.1, 0.15) is 33.7 Å². The van der Waals surface area contributed by atoms with Gasteiger partial charge in [-0.25, -0.2) is 4.79 Å². The van der Waals surface area contributed by atoms with Crippen molar-refractivity contribution in [2.45, 2.75) is 45.4 Å². The summed E-state index contributed by atoms with van der Waals surface area (Å²) in [5.74, 6) is 0.219. The van der Waals surface area contributed by atoms with Crippen LogP contribution < -0.4 is 4.74 Å². The van der Waals surface area contributed by atoms with Crippen LogP contribution in [-0.2, 0) is 4.74 Å². The lowest BCUT2D eigenvalue weighted by Crippen LogP contribution is -2.55. The van der Waals surface area contributed by atoms with Crippen LogP contribution in [0.5, 0.6) is 5.75 Å². The van der Waals surface area contributed by atoms with Gasteiger partial charge in [0.1, 0.15) is 12.2 Å². The molecule has 0 saturated carbocycles. The lowest BCUT2D eigenvalue weighted by atomic mass is 10.1. The van der Waals surface area contributed by atoms with E-state index in [2.05, 4.69) is 21.0 Å². The molecule has 124 valence electrons. The lowest BCUT2D eigenvalue weighted by Gasteiger charge is -2.40. The number of alkyl halides is 2.